The number of halogens is 1. The Balaban J connectivity index is 1.27. The van der Waals surface area contributed by atoms with Gasteiger partial charge in [-0.15, -0.1) is 0 Å². The molecule has 1 atom stereocenters. The van der Waals surface area contributed by atoms with Crippen molar-refractivity contribution < 1.29 is 19.1 Å². The van der Waals surface area contributed by atoms with Crippen molar-refractivity contribution in [2.45, 2.75) is 5.92 Å². The van der Waals surface area contributed by atoms with Crippen LogP contribution in [0.3, 0.4) is 0 Å². The van der Waals surface area contributed by atoms with Crippen LogP contribution in [0.5, 0.6) is 11.5 Å². The van der Waals surface area contributed by atoms with E-state index in [1.54, 1.807) is 18.2 Å². The topological polar surface area (TPSA) is 92.5 Å². The van der Waals surface area contributed by atoms with Crippen LogP contribution in [0.25, 0.3) is 10.9 Å². The fraction of sp³-hybridized carbons (Fsp3) is 0.154. The van der Waals surface area contributed by atoms with Gasteiger partial charge in [0.2, 0.25) is 12.7 Å². The van der Waals surface area contributed by atoms with E-state index in [0.29, 0.717) is 28.6 Å². The van der Waals surface area contributed by atoms with Crippen molar-refractivity contribution in [3.8, 4) is 11.5 Å². The molecule has 34 heavy (non-hydrogen) atoms. The summed E-state index contributed by atoms with van der Waals surface area (Å²) in [5, 5.41) is 7.28. The molecule has 8 heteroatoms. The molecule has 0 radical (unpaired) electrons. The Morgan fingerprint density at radius 3 is 2.62 bits per heavy atom. The predicted octanol–water partition coefficient (Wildman–Crippen LogP) is 4.23. The van der Waals surface area contributed by atoms with Crippen LogP contribution in [0.1, 0.15) is 27.4 Å². The van der Waals surface area contributed by atoms with E-state index in [2.05, 4.69) is 15.6 Å². The van der Waals surface area contributed by atoms with E-state index < -0.39 is 0 Å². The van der Waals surface area contributed by atoms with Gasteiger partial charge in [0.1, 0.15) is 0 Å². The molecule has 0 saturated heterocycles. The molecule has 5 rings (SSSR count). The number of carbonyl (C=O) groups excluding carboxylic acids is 2. The second-order valence-electron chi connectivity index (χ2n) is 7.92. The van der Waals surface area contributed by atoms with Gasteiger partial charge < -0.3 is 25.1 Å². The molecule has 0 fully saturated rings. The normalized spacial score (nSPS) is 13.0. The van der Waals surface area contributed by atoms with Crippen molar-refractivity contribution in [1.29, 1.82) is 0 Å². The minimum Gasteiger partial charge on any atom is -0.454 e. The maximum Gasteiger partial charge on any atom is 0.251 e. The quantitative estimate of drug-likeness (QED) is 0.373. The summed E-state index contributed by atoms with van der Waals surface area (Å²) in [5.41, 5.74) is 3.36. The molecule has 0 bridgehead atoms. The molecule has 1 aliphatic rings. The number of fused-ring (bicyclic) bond motifs is 2. The van der Waals surface area contributed by atoms with E-state index in [1.165, 1.54) is 0 Å². The molecule has 1 aromatic heterocycles. The van der Waals surface area contributed by atoms with Gasteiger partial charge in [-0.1, -0.05) is 48.0 Å². The number of amides is 2. The second-order valence-corrected chi connectivity index (χ2v) is 8.33. The van der Waals surface area contributed by atoms with Crippen LogP contribution in [0.4, 0.5) is 0 Å². The molecule has 1 unspecified atom stereocenters. The average Bonchev–Trinajstić information content (AvgIpc) is 3.50. The lowest BCUT2D eigenvalue weighted by molar-refractivity contribution is -0.120. The van der Waals surface area contributed by atoms with Crippen LogP contribution in [-0.4, -0.2) is 36.7 Å². The highest BCUT2D eigenvalue weighted by Gasteiger charge is 2.22. The van der Waals surface area contributed by atoms with Crippen LogP contribution in [-0.2, 0) is 4.79 Å². The van der Waals surface area contributed by atoms with Gasteiger partial charge in [0.25, 0.3) is 5.91 Å². The van der Waals surface area contributed by atoms with Crippen molar-refractivity contribution in [3.05, 3.63) is 94.6 Å². The monoisotopic (exact) mass is 475 g/mol. The molecular weight excluding hydrogens is 454 g/mol. The molecule has 0 aliphatic carbocycles. The van der Waals surface area contributed by atoms with Gasteiger partial charge in [-0.3, -0.25) is 9.59 Å². The summed E-state index contributed by atoms with van der Waals surface area (Å²) in [7, 11) is 0. The Hall–Kier alpha value is -3.97. The zero-order valence-electron chi connectivity index (χ0n) is 18.1. The van der Waals surface area contributed by atoms with Crippen LogP contribution in [0.15, 0.2) is 72.9 Å². The van der Waals surface area contributed by atoms with Crippen molar-refractivity contribution in [3.63, 3.8) is 0 Å². The van der Waals surface area contributed by atoms with E-state index in [9.17, 15) is 9.59 Å². The van der Waals surface area contributed by atoms with Crippen LogP contribution < -0.4 is 20.1 Å². The lowest BCUT2D eigenvalue weighted by atomic mass is 9.90. The maximum atomic E-state index is 12.6. The van der Waals surface area contributed by atoms with Gasteiger partial charge in [-0.2, -0.15) is 0 Å². The van der Waals surface area contributed by atoms with Gasteiger partial charge in [0.05, 0.1) is 6.54 Å². The standard InChI is InChI=1S/C26H22ClN3O4/c27-21-7-3-1-5-17(21)19(20-12-28-22-8-4-2-6-18(20)22)13-29-25(31)14-30-26(32)16-9-10-23-24(11-16)34-15-33-23/h1-12,19,28H,13-15H2,(H,29,31)(H,30,32). The Labute approximate surface area is 201 Å². The molecule has 172 valence electrons. The molecule has 2 heterocycles. The summed E-state index contributed by atoms with van der Waals surface area (Å²) in [6.07, 6.45) is 1.95. The Bertz CT molecular complexity index is 1370. The van der Waals surface area contributed by atoms with Gasteiger partial charge in [0, 0.05) is 40.1 Å². The minimum atomic E-state index is -0.368. The largest absolute Gasteiger partial charge is 0.454 e. The molecule has 1 aliphatic heterocycles. The van der Waals surface area contributed by atoms with Crippen molar-refractivity contribution in [2.24, 2.45) is 0 Å². The summed E-state index contributed by atoms with van der Waals surface area (Å²) in [6.45, 7) is 0.298. The molecule has 2 amide bonds. The number of rotatable bonds is 7. The summed E-state index contributed by atoms with van der Waals surface area (Å²) in [4.78, 5) is 28.4. The summed E-state index contributed by atoms with van der Waals surface area (Å²) < 4.78 is 10.6. The maximum absolute atomic E-state index is 12.6. The van der Waals surface area contributed by atoms with Crippen LogP contribution >= 0.6 is 11.6 Å². The first-order chi connectivity index (χ1) is 16.6. The molecule has 7 nitrogen and oxygen atoms in total. The fourth-order valence-corrected chi connectivity index (χ4v) is 4.37. The van der Waals surface area contributed by atoms with E-state index in [-0.39, 0.29) is 31.1 Å². The molecule has 3 N–H and O–H groups in total. The number of benzene rings is 3. The summed E-state index contributed by atoms with van der Waals surface area (Å²) in [6, 6.07) is 20.5. The third-order valence-electron chi connectivity index (χ3n) is 5.82. The highest BCUT2D eigenvalue weighted by atomic mass is 35.5. The zero-order valence-corrected chi connectivity index (χ0v) is 18.9. The lowest BCUT2D eigenvalue weighted by Crippen LogP contribution is -2.38. The highest BCUT2D eigenvalue weighted by molar-refractivity contribution is 6.31. The van der Waals surface area contributed by atoms with E-state index >= 15 is 0 Å². The Kier molecular flexibility index (Phi) is 6.10. The van der Waals surface area contributed by atoms with Crippen molar-refractivity contribution >= 4 is 34.3 Å². The smallest absolute Gasteiger partial charge is 0.251 e. The molecule has 0 saturated carbocycles. The number of aromatic amines is 1. The average molecular weight is 476 g/mol. The molecular formula is C26H22ClN3O4. The van der Waals surface area contributed by atoms with E-state index in [4.69, 9.17) is 21.1 Å². The summed E-state index contributed by atoms with van der Waals surface area (Å²) >= 11 is 6.51. The van der Waals surface area contributed by atoms with E-state index in [0.717, 1.165) is 22.0 Å². The summed E-state index contributed by atoms with van der Waals surface area (Å²) in [5.74, 6) is 0.271. The van der Waals surface area contributed by atoms with Gasteiger partial charge in [0.15, 0.2) is 11.5 Å². The van der Waals surface area contributed by atoms with Crippen LogP contribution in [0.2, 0.25) is 5.02 Å². The number of aromatic nitrogens is 1. The predicted molar refractivity (Wildman–Crippen MR) is 130 cm³/mol. The lowest BCUT2D eigenvalue weighted by Gasteiger charge is -2.19. The first-order valence-electron chi connectivity index (χ1n) is 10.8. The van der Waals surface area contributed by atoms with Gasteiger partial charge in [-0.05, 0) is 41.5 Å². The number of hydrogen-bond acceptors (Lipinski definition) is 4. The van der Waals surface area contributed by atoms with Gasteiger partial charge in [-0.25, -0.2) is 0 Å². The Morgan fingerprint density at radius 2 is 1.74 bits per heavy atom. The number of hydrogen-bond donors (Lipinski definition) is 3. The first kappa shape index (κ1) is 21.9. The fourth-order valence-electron chi connectivity index (χ4n) is 4.11. The molecule has 0 spiro atoms. The van der Waals surface area contributed by atoms with Crippen LogP contribution in [0, 0.1) is 0 Å². The zero-order chi connectivity index (χ0) is 23.5. The first-order valence-corrected chi connectivity index (χ1v) is 11.2. The van der Waals surface area contributed by atoms with E-state index in [1.807, 2.05) is 54.7 Å². The number of para-hydroxylation sites is 1. The van der Waals surface area contributed by atoms with Crippen molar-refractivity contribution in [1.82, 2.24) is 15.6 Å². The second kappa shape index (κ2) is 9.49. The third-order valence-corrected chi connectivity index (χ3v) is 6.17. The highest BCUT2D eigenvalue weighted by Crippen LogP contribution is 2.34. The SMILES string of the molecule is O=C(CNC(=O)c1ccc2c(c1)OCO2)NCC(c1ccccc1Cl)c1c[nH]c2ccccc12. The van der Waals surface area contributed by atoms with Crippen molar-refractivity contribution in [2.75, 3.05) is 19.9 Å². The number of ether oxygens (including phenoxy) is 2. The third kappa shape index (κ3) is 4.43. The molecule has 3 aromatic carbocycles. The number of H-pyrrole nitrogens is 1. The Morgan fingerprint density at radius 1 is 0.941 bits per heavy atom. The van der Waals surface area contributed by atoms with Gasteiger partial charge >= 0.3 is 0 Å². The minimum absolute atomic E-state index is 0.131. The number of carbonyl (C=O) groups is 2. The molecule has 4 aromatic rings. The number of nitrogens with one attached hydrogen (secondary N) is 3.